The lowest BCUT2D eigenvalue weighted by atomic mass is 9.51. The number of esters is 1. The van der Waals surface area contributed by atoms with E-state index in [0.717, 1.165) is 5.56 Å². The summed E-state index contributed by atoms with van der Waals surface area (Å²) in [5.41, 5.74) is -1.55. The number of hydrogen-bond acceptors (Lipinski definition) is 6. The van der Waals surface area contributed by atoms with Crippen LogP contribution in [-0.2, 0) is 25.5 Å². The summed E-state index contributed by atoms with van der Waals surface area (Å²) in [7, 11) is 0. The summed E-state index contributed by atoms with van der Waals surface area (Å²) in [5, 5.41) is 25.7. The first-order valence-corrected chi connectivity index (χ1v) is 12.9. The number of carbonyl (C=O) groups is 3. The monoisotopic (exact) mass is 507 g/mol. The van der Waals surface area contributed by atoms with Gasteiger partial charge in [0.25, 0.3) is 0 Å². The zero-order valence-electron chi connectivity index (χ0n) is 21.9. The Morgan fingerprint density at radius 3 is 2.51 bits per heavy atom. The largest absolute Gasteiger partial charge is 0.457 e. The highest BCUT2D eigenvalue weighted by molar-refractivity contribution is 5.91. The van der Waals surface area contributed by atoms with Gasteiger partial charge in [0.05, 0.1) is 6.10 Å². The lowest BCUT2D eigenvalue weighted by molar-refractivity contribution is -0.166. The number of hydrogen-bond donors (Lipinski definition) is 3. The summed E-state index contributed by atoms with van der Waals surface area (Å²) in [6, 6.07) is 9.49. The third-order valence-corrected chi connectivity index (χ3v) is 8.53. The fourth-order valence-corrected chi connectivity index (χ4v) is 6.68. The average molecular weight is 508 g/mol. The van der Waals surface area contributed by atoms with Gasteiger partial charge in [-0.15, -0.1) is 0 Å². The number of allylic oxidation sites excluding steroid dienone is 1. The van der Waals surface area contributed by atoms with E-state index in [2.05, 4.69) is 11.9 Å². The van der Waals surface area contributed by atoms with E-state index in [1.807, 2.05) is 37.3 Å². The molecule has 1 aliphatic heterocycles. The Morgan fingerprint density at radius 2 is 1.86 bits per heavy atom. The second-order valence-corrected chi connectivity index (χ2v) is 11.0. The van der Waals surface area contributed by atoms with E-state index in [0.29, 0.717) is 18.4 Å². The topological polar surface area (TPSA) is 113 Å². The van der Waals surface area contributed by atoms with Crippen LogP contribution >= 0.6 is 0 Å². The van der Waals surface area contributed by atoms with Gasteiger partial charge in [-0.25, -0.2) is 0 Å². The third-order valence-electron chi connectivity index (χ3n) is 8.53. The van der Waals surface area contributed by atoms with Crippen molar-refractivity contribution in [2.45, 2.75) is 64.4 Å². The minimum atomic E-state index is -1.82. The Balaban J connectivity index is 1.94. The molecule has 1 saturated carbocycles. The van der Waals surface area contributed by atoms with Gasteiger partial charge in [0, 0.05) is 30.7 Å². The second-order valence-electron chi connectivity index (χ2n) is 11.0. The summed E-state index contributed by atoms with van der Waals surface area (Å²) in [4.78, 5) is 39.5. The van der Waals surface area contributed by atoms with Gasteiger partial charge in [-0.1, -0.05) is 62.9 Å². The molecule has 198 valence electrons. The van der Waals surface area contributed by atoms with Gasteiger partial charge in [-0.2, -0.15) is 0 Å². The highest BCUT2D eigenvalue weighted by atomic mass is 16.5. The quantitative estimate of drug-likeness (QED) is 0.428. The molecule has 3 N–H and O–H groups in total. The van der Waals surface area contributed by atoms with Gasteiger partial charge >= 0.3 is 5.97 Å². The Hall–Kier alpha value is -3.03. The first-order chi connectivity index (χ1) is 17.4. The molecule has 1 heterocycles. The minimum absolute atomic E-state index is 0.287. The normalized spacial score (nSPS) is 41.6. The third kappa shape index (κ3) is 4.59. The maximum Gasteiger partial charge on any atom is 0.303 e. The van der Waals surface area contributed by atoms with Crippen molar-refractivity contribution in [3.8, 4) is 0 Å². The number of nitrogens with one attached hydrogen (secondary N) is 1. The number of rotatable bonds is 3. The molecule has 2 aliphatic carbocycles. The van der Waals surface area contributed by atoms with Crippen molar-refractivity contribution >= 4 is 17.7 Å². The van der Waals surface area contributed by atoms with E-state index in [1.54, 1.807) is 19.1 Å². The number of amides is 1. The molecule has 0 unspecified atom stereocenters. The average Bonchev–Trinajstić information content (AvgIpc) is 3.13. The molecule has 9 atom stereocenters. The molecular weight excluding hydrogens is 470 g/mol. The second kappa shape index (κ2) is 10.0. The van der Waals surface area contributed by atoms with Crippen LogP contribution in [0.1, 0.15) is 39.7 Å². The smallest absolute Gasteiger partial charge is 0.303 e. The fraction of sp³-hybridized carbons (Fsp3) is 0.500. The number of aliphatic hydroxyl groups excluding tert-OH is 1. The van der Waals surface area contributed by atoms with Crippen LogP contribution in [0.4, 0.5) is 0 Å². The standard InChI is InChI=1S/C30H37NO6/c1-17-10-9-13-22-26(33)19(3)18(2)25-23(16-21-11-7-6-8-12-21)31-28(35)30(22,25)24(37-20(4)32)14-15-29(5,36)27(17)34/h6-9,11-15,17-18,22-26,33,36H,3,10,16H2,1-2,4-5H3,(H,31,35)/b13-9+,15-14+/t17-,18+,22-,23-,24-,25+,26-,29-,30-/m1/s1. The molecule has 0 aromatic heterocycles. The van der Waals surface area contributed by atoms with Gasteiger partial charge in [-0.05, 0) is 49.0 Å². The summed E-state index contributed by atoms with van der Waals surface area (Å²) in [5.74, 6) is -3.26. The molecule has 0 radical (unpaired) electrons. The van der Waals surface area contributed by atoms with Crippen LogP contribution in [0, 0.1) is 29.1 Å². The van der Waals surface area contributed by atoms with E-state index in [-0.39, 0.29) is 23.7 Å². The molecule has 2 fully saturated rings. The Morgan fingerprint density at radius 1 is 1.19 bits per heavy atom. The van der Waals surface area contributed by atoms with Crippen LogP contribution in [0.15, 0.2) is 66.8 Å². The number of ketones is 1. The molecule has 37 heavy (non-hydrogen) atoms. The summed E-state index contributed by atoms with van der Waals surface area (Å²) in [6.45, 7) is 10.5. The lowest BCUT2D eigenvalue weighted by Crippen LogP contribution is -2.60. The fourth-order valence-electron chi connectivity index (χ4n) is 6.68. The van der Waals surface area contributed by atoms with Gasteiger partial charge < -0.3 is 20.3 Å². The molecule has 4 rings (SSSR count). The number of aliphatic hydroxyl groups is 2. The molecule has 7 nitrogen and oxygen atoms in total. The zero-order valence-corrected chi connectivity index (χ0v) is 21.9. The van der Waals surface area contributed by atoms with Crippen LogP contribution in [0.25, 0.3) is 0 Å². The van der Waals surface area contributed by atoms with Crippen LogP contribution in [0.5, 0.6) is 0 Å². The van der Waals surface area contributed by atoms with Crippen molar-refractivity contribution < 1.29 is 29.3 Å². The van der Waals surface area contributed by atoms with E-state index in [1.165, 1.54) is 26.0 Å². The maximum absolute atomic E-state index is 14.2. The Bertz CT molecular complexity index is 1140. The molecule has 1 saturated heterocycles. The zero-order chi connectivity index (χ0) is 27.1. The molecular formula is C30H37NO6. The van der Waals surface area contributed by atoms with Crippen molar-refractivity contribution in [3.05, 3.63) is 72.4 Å². The van der Waals surface area contributed by atoms with Crippen molar-refractivity contribution in [1.82, 2.24) is 5.32 Å². The molecule has 1 aromatic rings. The molecule has 7 heteroatoms. The Kier molecular flexibility index (Phi) is 7.32. The minimum Gasteiger partial charge on any atom is -0.457 e. The van der Waals surface area contributed by atoms with Crippen LogP contribution in [0.2, 0.25) is 0 Å². The number of carbonyl (C=O) groups excluding carboxylic acids is 3. The van der Waals surface area contributed by atoms with E-state index in [9.17, 15) is 24.6 Å². The SMILES string of the molecule is C=C1[C@@H](O)[C@H]2/C=C/C[C@@H](C)C(=O)[C@](C)(O)/C=C/[C@@H](OC(C)=O)[C@]23C(=O)N[C@H](Cc2ccccc2)[C@@H]3[C@H]1C. The van der Waals surface area contributed by atoms with Gasteiger partial charge in [-0.3, -0.25) is 14.4 Å². The number of Topliss-reactive ketones (excluding diaryl/α,β-unsaturated/α-hetero) is 1. The van der Waals surface area contributed by atoms with Crippen molar-refractivity contribution in [3.63, 3.8) is 0 Å². The molecule has 3 aliphatic rings. The maximum atomic E-state index is 14.2. The summed E-state index contributed by atoms with van der Waals surface area (Å²) >= 11 is 0. The first kappa shape index (κ1) is 27.0. The van der Waals surface area contributed by atoms with E-state index >= 15 is 0 Å². The highest BCUT2D eigenvalue weighted by Gasteiger charge is 2.68. The lowest BCUT2D eigenvalue weighted by Gasteiger charge is -2.52. The molecule has 1 spiro atoms. The number of ether oxygens (including phenoxy) is 1. The van der Waals surface area contributed by atoms with Crippen molar-refractivity contribution in [2.75, 3.05) is 0 Å². The van der Waals surface area contributed by atoms with E-state index < -0.39 is 46.9 Å². The van der Waals surface area contributed by atoms with E-state index in [4.69, 9.17) is 4.74 Å². The Labute approximate surface area is 218 Å². The van der Waals surface area contributed by atoms with Gasteiger partial charge in [0.1, 0.15) is 17.1 Å². The van der Waals surface area contributed by atoms with Gasteiger partial charge in [0.2, 0.25) is 5.91 Å². The first-order valence-electron chi connectivity index (χ1n) is 12.9. The highest BCUT2D eigenvalue weighted by Crippen LogP contribution is 2.58. The van der Waals surface area contributed by atoms with Crippen LogP contribution in [0.3, 0.4) is 0 Å². The summed E-state index contributed by atoms with van der Waals surface area (Å²) in [6.07, 6.45) is 5.01. The predicted octanol–water partition coefficient (Wildman–Crippen LogP) is 2.92. The molecule has 0 bridgehead atoms. The number of benzene rings is 1. The van der Waals surface area contributed by atoms with Crippen molar-refractivity contribution in [2.24, 2.45) is 29.1 Å². The molecule has 1 amide bonds. The van der Waals surface area contributed by atoms with Crippen LogP contribution in [-0.4, -0.2) is 51.7 Å². The summed E-state index contributed by atoms with van der Waals surface area (Å²) < 4.78 is 5.81. The van der Waals surface area contributed by atoms with Gasteiger partial charge in [0.15, 0.2) is 5.78 Å². The molecule has 1 aromatic carbocycles. The van der Waals surface area contributed by atoms with Crippen molar-refractivity contribution in [1.29, 1.82) is 0 Å². The predicted molar refractivity (Wildman–Crippen MR) is 139 cm³/mol. The van der Waals surface area contributed by atoms with Crippen LogP contribution < -0.4 is 5.32 Å².